The minimum absolute atomic E-state index is 0.110. The lowest BCUT2D eigenvalue weighted by molar-refractivity contribution is 0.0748. The number of fused-ring (bicyclic) bond motifs is 1. The number of carbonyl (C=O) groups is 1. The van der Waals surface area contributed by atoms with Gasteiger partial charge in [-0.2, -0.15) is 0 Å². The van der Waals surface area contributed by atoms with Crippen molar-refractivity contribution in [2.45, 2.75) is 55.5 Å². The number of hydrogen-bond donors (Lipinski definition) is 1. The molecule has 1 amide bonds. The summed E-state index contributed by atoms with van der Waals surface area (Å²) in [7, 11) is -3.91. The van der Waals surface area contributed by atoms with Gasteiger partial charge in [0.1, 0.15) is 5.82 Å². The molecule has 9 heteroatoms. The summed E-state index contributed by atoms with van der Waals surface area (Å²) in [6, 6.07) is 11.1. The summed E-state index contributed by atoms with van der Waals surface area (Å²) < 4.78 is 43.6. The summed E-state index contributed by atoms with van der Waals surface area (Å²) in [4.78, 5) is 15.5. The Bertz CT molecular complexity index is 1410. The molecule has 1 aromatic heterocycles. The monoisotopic (exact) mass is 499 g/mol. The Morgan fingerprint density at radius 2 is 1.83 bits per heavy atom. The van der Waals surface area contributed by atoms with Gasteiger partial charge in [-0.05, 0) is 54.7 Å². The molecule has 0 bridgehead atoms. The molecule has 1 atom stereocenters. The average molecular weight is 500 g/mol. The Hall–Kier alpha value is -3.07. The van der Waals surface area contributed by atoms with Crippen molar-refractivity contribution in [2.24, 2.45) is 5.41 Å². The van der Waals surface area contributed by atoms with Crippen LogP contribution in [-0.4, -0.2) is 54.8 Å². The number of sulfone groups is 1. The number of benzene rings is 2. The van der Waals surface area contributed by atoms with Crippen LogP contribution in [0.3, 0.4) is 0 Å². The quantitative estimate of drug-likeness (QED) is 0.536. The predicted molar refractivity (Wildman–Crippen MR) is 132 cm³/mol. The summed E-state index contributed by atoms with van der Waals surface area (Å²) >= 11 is 0. The van der Waals surface area contributed by atoms with Gasteiger partial charge in [-0.15, -0.1) is 0 Å². The van der Waals surface area contributed by atoms with E-state index in [1.807, 2.05) is 36.3 Å². The van der Waals surface area contributed by atoms with Gasteiger partial charge >= 0.3 is 6.09 Å². The molecule has 0 spiro atoms. The van der Waals surface area contributed by atoms with Crippen LogP contribution in [0.1, 0.15) is 39.7 Å². The fourth-order valence-corrected chi connectivity index (χ4v) is 6.52. The first-order valence-corrected chi connectivity index (χ1v) is 13.3. The topological polar surface area (TPSA) is 82.9 Å². The number of nitrogens with zero attached hydrogens (tertiary/aromatic N) is 3. The zero-order valence-corrected chi connectivity index (χ0v) is 20.9. The second kappa shape index (κ2) is 8.26. The van der Waals surface area contributed by atoms with E-state index in [1.54, 1.807) is 30.5 Å². The molecule has 1 saturated heterocycles. The van der Waals surface area contributed by atoms with Crippen molar-refractivity contribution >= 4 is 32.5 Å². The number of hydrogen-bond acceptors (Lipinski definition) is 4. The number of rotatable bonds is 4. The van der Waals surface area contributed by atoms with Gasteiger partial charge in [-0.25, -0.2) is 17.6 Å². The van der Waals surface area contributed by atoms with E-state index in [-0.39, 0.29) is 27.3 Å². The van der Waals surface area contributed by atoms with Crippen molar-refractivity contribution in [3.05, 3.63) is 54.5 Å². The fraction of sp³-hybridized carbons (Fsp3) is 0.423. The van der Waals surface area contributed by atoms with Crippen molar-refractivity contribution in [1.29, 1.82) is 0 Å². The van der Waals surface area contributed by atoms with Crippen LogP contribution < -0.4 is 4.90 Å². The van der Waals surface area contributed by atoms with Crippen LogP contribution in [0.4, 0.5) is 14.9 Å². The lowest BCUT2D eigenvalue weighted by Gasteiger charge is -2.46. The molecule has 2 heterocycles. The van der Waals surface area contributed by atoms with Crippen LogP contribution in [0.15, 0.2) is 58.5 Å². The van der Waals surface area contributed by atoms with Gasteiger partial charge in [0.15, 0.2) is 0 Å². The van der Waals surface area contributed by atoms with E-state index in [0.29, 0.717) is 25.0 Å². The number of amides is 1. The number of aromatic nitrogens is 1. The van der Waals surface area contributed by atoms with E-state index in [9.17, 15) is 22.7 Å². The van der Waals surface area contributed by atoms with E-state index in [4.69, 9.17) is 0 Å². The van der Waals surface area contributed by atoms with Crippen LogP contribution in [0.5, 0.6) is 0 Å². The lowest BCUT2D eigenvalue weighted by Crippen LogP contribution is -2.59. The standard InChI is InChI=1S/C26H30FN3O4S/c1-26(2,3)24-16-28(11-12-29(24)25(31)32)19-5-4-6-20(14-19)35(33,34)23-15-30(18-8-9-18)22-10-7-17(27)13-21(22)23/h4-7,10,13-15,18,24H,8-9,11-12,16H2,1-3H3,(H,31,32). The molecule has 186 valence electrons. The van der Waals surface area contributed by atoms with E-state index in [0.717, 1.165) is 24.0 Å². The normalized spacial score (nSPS) is 19.4. The van der Waals surface area contributed by atoms with Gasteiger partial charge in [0, 0.05) is 48.5 Å². The average Bonchev–Trinajstić information content (AvgIpc) is 3.58. The summed E-state index contributed by atoms with van der Waals surface area (Å²) in [6.45, 7) is 7.29. The molecule has 1 saturated carbocycles. The molecule has 35 heavy (non-hydrogen) atoms. The molecule has 2 aliphatic rings. The highest BCUT2D eigenvalue weighted by Crippen LogP contribution is 2.41. The number of carboxylic acid groups (broad SMARTS) is 1. The zero-order chi connectivity index (χ0) is 25.1. The SMILES string of the molecule is CC(C)(C)C1CN(c2cccc(S(=O)(=O)c3cn(C4CC4)c4ccc(F)cc34)c2)CCN1C(=O)O. The highest BCUT2D eigenvalue weighted by molar-refractivity contribution is 7.91. The summed E-state index contributed by atoms with van der Waals surface area (Å²) in [5.74, 6) is -0.472. The largest absolute Gasteiger partial charge is 0.465 e. The molecule has 3 aromatic rings. The molecule has 0 radical (unpaired) electrons. The first-order chi connectivity index (χ1) is 16.5. The highest BCUT2D eigenvalue weighted by Gasteiger charge is 2.38. The van der Waals surface area contributed by atoms with Crippen LogP contribution in [0.25, 0.3) is 10.9 Å². The van der Waals surface area contributed by atoms with Gasteiger partial charge in [0.25, 0.3) is 0 Å². The molecule has 1 unspecified atom stereocenters. The maximum atomic E-state index is 14.1. The Labute approximate surface area is 204 Å². The lowest BCUT2D eigenvalue weighted by atomic mass is 9.84. The Morgan fingerprint density at radius 3 is 2.49 bits per heavy atom. The molecular formula is C26H30FN3O4S. The third-order valence-corrected chi connectivity index (χ3v) is 8.89. The Morgan fingerprint density at radius 1 is 1.09 bits per heavy atom. The van der Waals surface area contributed by atoms with Gasteiger partial charge in [0.2, 0.25) is 9.84 Å². The second-order valence-corrected chi connectivity index (χ2v) is 12.5. The third-order valence-electron chi connectivity index (χ3n) is 7.11. The Kier molecular flexibility index (Phi) is 5.58. The van der Waals surface area contributed by atoms with Crippen LogP contribution >= 0.6 is 0 Å². The van der Waals surface area contributed by atoms with E-state index < -0.39 is 21.7 Å². The molecule has 7 nitrogen and oxygen atoms in total. The van der Waals surface area contributed by atoms with Crippen molar-refractivity contribution in [1.82, 2.24) is 9.47 Å². The van der Waals surface area contributed by atoms with Gasteiger partial charge < -0.3 is 19.5 Å². The molecule has 1 aliphatic carbocycles. The maximum absolute atomic E-state index is 14.1. The first-order valence-electron chi connectivity index (χ1n) is 11.9. The minimum atomic E-state index is -3.91. The Balaban J connectivity index is 1.52. The second-order valence-electron chi connectivity index (χ2n) is 10.6. The van der Waals surface area contributed by atoms with Crippen LogP contribution in [-0.2, 0) is 9.84 Å². The van der Waals surface area contributed by atoms with Crippen molar-refractivity contribution < 1.29 is 22.7 Å². The molecule has 1 aliphatic heterocycles. The summed E-state index contributed by atoms with van der Waals surface area (Å²) in [5, 5.41) is 10.1. The van der Waals surface area contributed by atoms with E-state index >= 15 is 0 Å². The van der Waals surface area contributed by atoms with Crippen LogP contribution in [0.2, 0.25) is 0 Å². The van der Waals surface area contributed by atoms with Gasteiger partial charge in [-0.1, -0.05) is 26.8 Å². The molecule has 2 fully saturated rings. The molecular weight excluding hydrogens is 469 g/mol. The number of anilines is 1. The molecule has 1 N–H and O–H groups in total. The zero-order valence-electron chi connectivity index (χ0n) is 20.1. The molecule has 2 aromatic carbocycles. The molecule has 5 rings (SSSR count). The maximum Gasteiger partial charge on any atom is 0.407 e. The first kappa shape index (κ1) is 23.7. The van der Waals surface area contributed by atoms with Crippen molar-refractivity contribution in [2.75, 3.05) is 24.5 Å². The van der Waals surface area contributed by atoms with Gasteiger partial charge in [-0.3, -0.25) is 0 Å². The van der Waals surface area contributed by atoms with Crippen molar-refractivity contribution in [3.8, 4) is 0 Å². The summed E-state index contributed by atoms with van der Waals surface area (Å²) in [5.41, 5.74) is 1.17. The summed E-state index contributed by atoms with van der Waals surface area (Å²) in [6.07, 6.45) is 2.66. The number of halogens is 1. The highest BCUT2D eigenvalue weighted by atomic mass is 32.2. The fourth-order valence-electron chi connectivity index (χ4n) is 5.03. The predicted octanol–water partition coefficient (Wildman–Crippen LogP) is 5.16. The van der Waals surface area contributed by atoms with E-state index in [1.165, 1.54) is 17.0 Å². The van der Waals surface area contributed by atoms with Gasteiger partial charge in [0.05, 0.1) is 15.8 Å². The number of piperazine rings is 1. The van der Waals surface area contributed by atoms with Crippen molar-refractivity contribution in [3.63, 3.8) is 0 Å². The minimum Gasteiger partial charge on any atom is -0.465 e. The van der Waals surface area contributed by atoms with E-state index in [2.05, 4.69) is 0 Å². The van der Waals surface area contributed by atoms with Crippen LogP contribution in [0, 0.1) is 11.2 Å². The smallest absolute Gasteiger partial charge is 0.407 e. The third kappa shape index (κ3) is 4.26.